The van der Waals surface area contributed by atoms with Crippen LogP contribution in [0.4, 0.5) is 0 Å². The van der Waals surface area contributed by atoms with Crippen LogP contribution in [-0.2, 0) is 4.79 Å². The van der Waals surface area contributed by atoms with Crippen LogP contribution in [0.15, 0.2) is 0 Å². The Kier molecular flexibility index (Phi) is 3.53. The van der Waals surface area contributed by atoms with Crippen LogP contribution in [0.3, 0.4) is 0 Å². The Morgan fingerprint density at radius 3 is 2.69 bits per heavy atom. The Labute approximate surface area is 98.4 Å². The van der Waals surface area contributed by atoms with E-state index in [9.17, 15) is 4.79 Å². The van der Waals surface area contributed by atoms with E-state index < -0.39 is 0 Å². The fourth-order valence-electron chi connectivity index (χ4n) is 2.91. The Hall–Kier alpha value is -0.570. The number of rotatable bonds is 3. The van der Waals surface area contributed by atoms with Crippen LogP contribution in [-0.4, -0.2) is 24.5 Å². The summed E-state index contributed by atoms with van der Waals surface area (Å²) in [4.78, 5) is 12.3. The maximum absolute atomic E-state index is 12.3. The molecular formula is C13H24N2O. The first-order valence-electron chi connectivity index (χ1n) is 6.72. The van der Waals surface area contributed by atoms with Crippen LogP contribution in [0.2, 0.25) is 0 Å². The normalized spacial score (nSPS) is 32.9. The molecule has 2 rings (SSSR count). The molecule has 2 N–H and O–H groups in total. The number of hydrogen-bond acceptors (Lipinski definition) is 2. The number of carbonyl (C=O) groups excluding carboxylic acids is 1. The van der Waals surface area contributed by atoms with Crippen molar-refractivity contribution in [2.75, 3.05) is 6.54 Å². The van der Waals surface area contributed by atoms with Crippen molar-refractivity contribution in [3.8, 4) is 0 Å². The van der Waals surface area contributed by atoms with Gasteiger partial charge < -0.3 is 10.6 Å². The highest BCUT2D eigenvalue weighted by Crippen LogP contribution is 2.44. The Bertz CT molecular complexity index is 255. The van der Waals surface area contributed by atoms with Gasteiger partial charge in [-0.1, -0.05) is 13.3 Å². The lowest BCUT2D eigenvalue weighted by atomic mass is 9.66. The largest absolute Gasteiger partial charge is 0.351 e. The molecule has 0 radical (unpaired) electrons. The molecule has 3 heteroatoms. The first-order valence-corrected chi connectivity index (χ1v) is 6.72. The molecule has 2 fully saturated rings. The molecule has 1 aliphatic carbocycles. The van der Waals surface area contributed by atoms with E-state index in [-0.39, 0.29) is 5.41 Å². The molecule has 0 spiro atoms. The van der Waals surface area contributed by atoms with Crippen LogP contribution >= 0.6 is 0 Å². The molecule has 1 amide bonds. The van der Waals surface area contributed by atoms with Gasteiger partial charge in [-0.05, 0) is 45.6 Å². The minimum absolute atomic E-state index is 0.0167. The quantitative estimate of drug-likeness (QED) is 0.768. The van der Waals surface area contributed by atoms with Gasteiger partial charge in [0.15, 0.2) is 0 Å². The average Bonchev–Trinajstić information content (AvgIpc) is 2.21. The minimum atomic E-state index is -0.0167. The lowest BCUT2D eigenvalue weighted by Gasteiger charge is -2.42. The van der Waals surface area contributed by atoms with Crippen molar-refractivity contribution in [2.24, 2.45) is 5.41 Å². The summed E-state index contributed by atoms with van der Waals surface area (Å²) in [7, 11) is 0. The lowest BCUT2D eigenvalue weighted by Crippen LogP contribution is -2.56. The van der Waals surface area contributed by atoms with Gasteiger partial charge in [-0.25, -0.2) is 0 Å². The van der Waals surface area contributed by atoms with Crippen molar-refractivity contribution in [1.82, 2.24) is 10.6 Å². The second-order valence-electron chi connectivity index (χ2n) is 5.45. The monoisotopic (exact) mass is 224 g/mol. The highest BCUT2D eigenvalue weighted by atomic mass is 16.2. The average molecular weight is 224 g/mol. The molecule has 1 saturated carbocycles. The molecule has 1 saturated heterocycles. The van der Waals surface area contributed by atoms with Crippen molar-refractivity contribution in [2.45, 2.75) is 64.5 Å². The second kappa shape index (κ2) is 4.74. The molecule has 0 aromatic carbocycles. The minimum Gasteiger partial charge on any atom is -0.351 e. The summed E-state index contributed by atoms with van der Waals surface area (Å²) < 4.78 is 0. The lowest BCUT2D eigenvalue weighted by molar-refractivity contribution is -0.137. The van der Waals surface area contributed by atoms with E-state index in [0.29, 0.717) is 18.0 Å². The smallest absolute Gasteiger partial charge is 0.226 e. The van der Waals surface area contributed by atoms with Gasteiger partial charge in [-0.15, -0.1) is 0 Å². The fraction of sp³-hybridized carbons (Fsp3) is 0.923. The van der Waals surface area contributed by atoms with Crippen molar-refractivity contribution in [1.29, 1.82) is 0 Å². The van der Waals surface area contributed by atoms with E-state index in [4.69, 9.17) is 0 Å². The van der Waals surface area contributed by atoms with Gasteiger partial charge in [-0.3, -0.25) is 4.79 Å². The third kappa shape index (κ3) is 2.10. The predicted molar refractivity (Wildman–Crippen MR) is 65.2 cm³/mol. The Balaban J connectivity index is 1.90. The van der Waals surface area contributed by atoms with Crippen LogP contribution in [0.1, 0.15) is 52.4 Å². The summed E-state index contributed by atoms with van der Waals surface area (Å²) in [6.45, 7) is 5.40. The van der Waals surface area contributed by atoms with Crippen LogP contribution in [0.5, 0.6) is 0 Å². The third-order valence-corrected chi connectivity index (χ3v) is 4.55. The fourth-order valence-corrected chi connectivity index (χ4v) is 2.91. The second-order valence-corrected chi connectivity index (χ2v) is 5.45. The third-order valence-electron chi connectivity index (χ3n) is 4.55. The zero-order chi connectivity index (χ0) is 11.6. The van der Waals surface area contributed by atoms with Gasteiger partial charge in [0.05, 0.1) is 0 Å². The van der Waals surface area contributed by atoms with E-state index in [1.807, 2.05) is 0 Å². The van der Waals surface area contributed by atoms with Crippen molar-refractivity contribution >= 4 is 5.91 Å². The topological polar surface area (TPSA) is 41.1 Å². The molecule has 0 aromatic rings. The molecule has 92 valence electrons. The SMILES string of the molecule is CCC1(C(=O)NC2CCCNC2C)CCC1. The highest BCUT2D eigenvalue weighted by molar-refractivity contribution is 5.83. The Morgan fingerprint density at radius 1 is 1.44 bits per heavy atom. The molecule has 0 aromatic heterocycles. The van der Waals surface area contributed by atoms with E-state index >= 15 is 0 Å². The predicted octanol–water partition coefficient (Wildman–Crippen LogP) is 1.82. The number of nitrogens with one attached hydrogen (secondary N) is 2. The first kappa shape index (κ1) is 11.9. The first-order chi connectivity index (χ1) is 7.68. The molecule has 3 nitrogen and oxygen atoms in total. The van der Waals surface area contributed by atoms with Crippen LogP contribution < -0.4 is 10.6 Å². The van der Waals surface area contributed by atoms with Crippen LogP contribution in [0, 0.1) is 5.41 Å². The summed E-state index contributed by atoms with van der Waals surface area (Å²) in [5, 5.41) is 6.69. The zero-order valence-electron chi connectivity index (χ0n) is 10.5. The molecule has 2 atom stereocenters. The number of amides is 1. The van der Waals surface area contributed by atoms with Crippen molar-refractivity contribution in [3.63, 3.8) is 0 Å². The van der Waals surface area contributed by atoms with Gasteiger partial charge in [0.1, 0.15) is 0 Å². The molecule has 2 aliphatic rings. The maximum Gasteiger partial charge on any atom is 0.226 e. The van der Waals surface area contributed by atoms with Gasteiger partial charge in [0.2, 0.25) is 5.91 Å². The summed E-state index contributed by atoms with van der Waals surface area (Å²) >= 11 is 0. The Morgan fingerprint density at radius 2 is 2.19 bits per heavy atom. The van der Waals surface area contributed by atoms with Crippen molar-refractivity contribution in [3.05, 3.63) is 0 Å². The van der Waals surface area contributed by atoms with Gasteiger partial charge >= 0.3 is 0 Å². The van der Waals surface area contributed by atoms with Crippen LogP contribution in [0.25, 0.3) is 0 Å². The number of carbonyl (C=O) groups is 1. The molecule has 1 aliphatic heterocycles. The molecule has 2 unspecified atom stereocenters. The summed E-state index contributed by atoms with van der Waals surface area (Å²) in [5.41, 5.74) is -0.0167. The zero-order valence-corrected chi connectivity index (χ0v) is 10.5. The van der Waals surface area contributed by atoms with Gasteiger partial charge in [0, 0.05) is 17.5 Å². The van der Waals surface area contributed by atoms with Crippen molar-refractivity contribution < 1.29 is 4.79 Å². The summed E-state index contributed by atoms with van der Waals surface area (Å²) in [5.74, 6) is 0.307. The molecule has 1 heterocycles. The van der Waals surface area contributed by atoms with E-state index in [1.54, 1.807) is 0 Å². The molecule has 0 bridgehead atoms. The number of piperidine rings is 1. The van der Waals surface area contributed by atoms with E-state index in [2.05, 4.69) is 24.5 Å². The maximum atomic E-state index is 12.3. The van der Waals surface area contributed by atoms with E-state index in [0.717, 1.165) is 32.2 Å². The van der Waals surface area contributed by atoms with E-state index in [1.165, 1.54) is 12.8 Å². The van der Waals surface area contributed by atoms with Gasteiger partial charge in [-0.2, -0.15) is 0 Å². The number of hydrogen-bond donors (Lipinski definition) is 2. The molecule has 16 heavy (non-hydrogen) atoms. The standard InChI is InChI=1S/C13H24N2O/c1-3-13(7-5-8-13)12(16)15-11-6-4-9-14-10(11)2/h10-11,14H,3-9H2,1-2H3,(H,15,16). The summed E-state index contributed by atoms with van der Waals surface area (Å²) in [6.07, 6.45) is 6.69. The van der Waals surface area contributed by atoms with Gasteiger partial charge in [0.25, 0.3) is 0 Å². The summed E-state index contributed by atoms with van der Waals surface area (Å²) in [6, 6.07) is 0.761. The highest BCUT2D eigenvalue weighted by Gasteiger charge is 2.43. The molecular weight excluding hydrogens is 200 g/mol.